The van der Waals surface area contributed by atoms with Crippen LogP contribution in [0.15, 0.2) is 0 Å². The smallest absolute Gasteiger partial charge is 0.133 e. The molecule has 0 saturated heterocycles. The average Bonchev–Trinajstić information content (AvgIpc) is 2.25. The Hall–Kier alpha value is -0.330. The lowest BCUT2D eigenvalue weighted by Crippen LogP contribution is -2.05. The quantitative estimate of drug-likeness (QED) is 0.446. The lowest BCUT2D eigenvalue weighted by Gasteiger charge is -2.09. The first-order valence-electron chi connectivity index (χ1n) is 7.22. The monoisotopic (exact) mass is 226 g/mol. The second-order valence-corrected chi connectivity index (χ2v) is 5.15. The molecule has 1 nitrogen and oxygen atoms in total. The SMILES string of the molecule is CCCCCCC(=O)CC(C)CCCCC. The van der Waals surface area contributed by atoms with Crippen molar-refractivity contribution in [2.24, 2.45) is 5.92 Å². The molecular weight excluding hydrogens is 196 g/mol. The van der Waals surface area contributed by atoms with Gasteiger partial charge in [-0.15, -0.1) is 0 Å². The van der Waals surface area contributed by atoms with Gasteiger partial charge in [0.05, 0.1) is 0 Å². The maximum atomic E-state index is 11.6. The van der Waals surface area contributed by atoms with Gasteiger partial charge in [-0.25, -0.2) is 0 Å². The molecule has 1 heteroatoms. The lowest BCUT2D eigenvalue weighted by atomic mass is 9.95. The predicted molar refractivity (Wildman–Crippen MR) is 71.7 cm³/mol. The third-order valence-corrected chi connectivity index (χ3v) is 3.19. The van der Waals surface area contributed by atoms with Gasteiger partial charge in [-0.3, -0.25) is 4.79 Å². The van der Waals surface area contributed by atoms with Gasteiger partial charge >= 0.3 is 0 Å². The number of unbranched alkanes of at least 4 members (excludes halogenated alkanes) is 5. The van der Waals surface area contributed by atoms with Crippen molar-refractivity contribution >= 4 is 5.78 Å². The Kier molecular flexibility index (Phi) is 10.9. The molecule has 0 spiro atoms. The molecule has 0 aliphatic heterocycles. The zero-order valence-corrected chi connectivity index (χ0v) is 11.6. The number of Topliss-reactive ketones (excluding diaryl/α,β-unsaturated/α-hetero) is 1. The van der Waals surface area contributed by atoms with E-state index in [4.69, 9.17) is 0 Å². The molecule has 0 aromatic carbocycles. The van der Waals surface area contributed by atoms with Gasteiger partial charge in [-0.05, 0) is 12.3 Å². The summed E-state index contributed by atoms with van der Waals surface area (Å²) in [5, 5.41) is 0. The molecule has 0 bridgehead atoms. The molecule has 0 aliphatic rings. The minimum absolute atomic E-state index is 0.486. The molecule has 0 N–H and O–H groups in total. The van der Waals surface area contributed by atoms with Crippen molar-refractivity contribution < 1.29 is 4.79 Å². The molecule has 0 fully saturated rings. The summed E-state index contributed by atoms with van der Waals surface area (Å²) in [7, 11) is 0. The highest BCUT2D eigenvalue weighted by atomic mass is 16.1. The molecule has 1 atom stereocenters. The summed E-state index contributed by atoms with van der Waals surface area (Å²) < 4.78 is 0. The first kappa shape index (κ1) is 15.7. The van der Waals surface area contributed by atoms with Gasteiger partial charge in [0.25, 0.3) is 0 Å². The van der Waals surface area contributed by atoms with Crippen molar-refractivity contribution in [1.82, 2.24) is 0 Å². The summed E-state index contributed by atoms with van der Waals surface area (Å²) >= 11 is 0. The molecule has 1 unspecified atom stereocenters. The molecule has 0 aromatic heterocycles. The minimum atomic E-state index is 0.486. The predicted octanol–water partition coefficient (Wildman–Crippen LogP) is 5.13. The summed E-state index contributed by atoms with van der Waals surface area (Å²) in [6.45, 7) is 6.65. The van der Waals surface area contributed by atoms with E-state index in [9.17, 15) is 4.79 Å². The number of ketones is 1. The molecule has 16 heavy (non-hydrogen) atoms. The van der Waals surface area contributed by atoms with Gasteiger partial charge in [0.15, 0.2) is 0 Å². The van der Waals surface area contributed by atoms with Crippen molar-refractivity contribution in [3.63, 3.8) is 0 Å². The van der Waals surface area contributed by atoms with Crippen LogP contribution >= 0.6 is 0 Å². The Morgan fingerprint density at radius 3 is 2.19 bits per heavy atom. The van der Waals surface area contributed by atoms with Gasteiger partial charge in [0.1, 0.15) is 5.78 Å². The summed E-state index contributed by atoms with van der Waals surface area (Å²) in [6.07, 6.45) is 11.6. The largest absolute Gasteiger partial charge is 0.300 e. The van der Waals surface area contributed by atoms with Crippen LogP contribution in [-0.4, -0.2) is 5.78 Å². The van der Waals surface area contributed by atoms with E-state index in [1.165, 1.54) is 44.9 Å². The van der Waals surface area contributed by atoms with Crippen LogP contribution in [0.4, 0.5) is 0 Å². The van der Waals surface area contributed by atoms with E-state index in [1.54, 1.807) is 0 Å². The Bertz CT molecular complexity index is 163. The van der Waals surface area contributed by atoms with E-state index in [-0.39, 0.29) is 0 Å². The summed E-state index contributed by atoms with van der Waals surface area (Å²) in [6, 6.07) is 0. The number of hydrogen-bond donors (Lipinski definition) is 0. The van der Waals surface area contributed by atoms with E-state index in [1.807, 2.05) is 0 Å². The molecule has 0 saturated carbocycles. The maximum absolute atomic E-state index is 11.6. The molecule has 0 radical (unpaired) electrons. The van der Waals surface area contributed by atoms with E-state index in [0.29, 0.717) is 11.7 Å². The number of rotatable bonds is 11. The molecule has 0 rings (SSSR count). The second kappa shape index (κ2) is 11.2. The summed E-state index contributed by atoms with van der Waals surface area (Å²) in [4.78, 5) is 11.6. The van der Waals surface area contributed by atoms with E-state index >= 15 is 0 Å². The second-order valence-electron chi connectivity index (χ2n) is 5.15. The van der Waals surface area contributed by atoms with Crippen molar-refractivity contribution in [3.8, 4) is 0 Å². The average molecular weight is 226 g/mol. The number of carbonyl (C=O) groups excluding carboxylic acids is 1. The van der Waals surface area contributed by atoms with Crippen molar-refractivity contribution in [3.05, 3.63) is 0 Å². The Morgan fingerprint density at radius 1 is 0.938 bits per heavy atom. The van der Waals surface area contributed by atoms with Gasteiger partial charge in [-0.2, -0.15) is 0 Å². The van der Waals surface area contributed by atoms with E-state index in [0.717, 1.165) is 19.3 Å². The van der Waals surface area contributed by atoms with Gasteiger partial charge in [0.2, 0.25) is 0 Å². The molecule has 0 aliphatic carbocycles. The Morgan fingerprint density at radius 2 is 1.56 bits per heavy atom. The highest BCUT2D eigenvalue weighted by Gasteiger charge is 2.08. The van der Waals surface area contributed by atoms with Crippen LogP contribution < -0.4 is 0 Å². The summed E-state index contributed by atoms with van der Waals surface area (Å²) in [5.41, 5.74) is 0. The number of hydrogen-bond acceptors (Lipinski definition) is 1. The molecule has 0 amide bonds. The van der Waals surface area contributed by atoms with Crippen molar-refractivity contribution in [2.75, 3.05) is 0 Å². The third kappa shape index (κ3) is 10.2. The lowest BCUT2D eigenvalue weighted by molar-refractivity contribution is -0.120. The fraction of sp³-hybridized carbons (Fsp3) is 0.933. The fourth-order valence-electron chi connectivity index (χ4n) is 2.08. The molecule has 96 valence electrons. The van der Waals surface area contributed by atoms with Crippen LogP contribution in [0.25, 0.3) is 0 Å². The van der Waals surface area contributed by atoms with Crippen LogP contribution in [0.1, 0.15) is 85.0 Å². The summed E-state index contributed by atoms with van der Waals surface area (Å²) in [5.74, 6) is 1.09. The van der Waals surface area contributed by atoms with Crippen LogP contribution in [0.5, 0.6) is 0 Å². The van der Waals surface area contributed by atoms with Crippen LogP contribution in [0.3, 0.4) is 0 Å². The van der Waals surface area contributed by atoms with E-state index in [2.05, 4.69) is 20.8 Å². The first-order chi connectivity index (χ1) is 7.70. The molecular formula is C15H30O. The van der Waals surface area contributed by atoms with Gasteiger partial charge in [0, 0.05) is 12.8 Å². The third-order valence-electron chi connectivity index (χ3n) is 3.19. The van der Waals surface area contributed by atoms with E-state index < -0.39 is 0 Å². The van der Waals surface area contributed by atoms with Gasteiger partial charge in [-0.1, -0.05) is 65.7 Å². The number of carbonyl (C=O) groups is 1. The van der Waals surface area contributed by atoms with Crippen LogP contribution in [-0.2, 0) is 4.79 Å². The Labute approximate surface area is 102 Å². The normalized spacial score (nSPS) is 12.7. The molecule has 0 heterocycles. The maximum Gasteiger partial charge on any atom is 0.133 e. The highest BCUT2D eigenvalue weighted by molar-refractivity contribution is 5.78. The van der Waals surface area contributed by atoms with Crippen molar-refractivity contribution in [1.29, 1.82) is 0 Å². The fourth-order valence-corrected chi connectivity index (χ4v) is 2.08. The standard InChI is InChI=1S/C15H30O/c1-4-6-8-10-12-15(16)13-14(3)11-9-7-5-2/h14H,4-13H2,1-3H3. The highest BCUT2D eigenvalue weighted by Crippen LogP contribution is 2.15. The molecule has 0 aromatic rings. The topological polar surface area (TPSA) is 17.1 Å². The van der Waals surface area contributed by atoms with Crippen LogP contribution in [0.2, 0.25) is 0 Å². The van der Waals surface area contributed by atoms with Crippen LogP contribution in [0, 0.1) is 5.92 Å². The van der Waals surface area contributed by atoms with Crippen molar-refractivity contribution in [2.45, 2.75) is 85.0 Å². The van der Waals surface area contributed by atoms with Gasteiger partial charge < -0.3 is 0 Å². The zero-order chi connectivity index (χ0) is 12.2. The first-order valence-corrected chi connectivity index (χ1v) is 7.22. The minimum Gasteiger partial charge on any atom is -0.300 e. The zero-order valence-electron chi connectivity index (χ0n) is 11.6. The Balaban J connectivity index is 3.39.